The Hall–Kier alpha value is -1.37. The van der Waals surface area contributed by atoms with Crippen molar-refractivity contribution >= 4 is 5.91 Å². The Labute approximate surface area is 137 Å². The molecule has 0 aliphatic carbocycles. The monoisotopic (exact) mass is 321 g/mol. The first kappa shape index (κ1) is 16.5. The molecule has 2 aliphatic rings. The van der Waals surface area contributed by atoms with Crippen LogP contribution in [0.15, 0.2) is 16.5 Å². The van der Waals surface area contributed by atoms with Crippen LogP contribution < -0.4 is 10.6 Å². The number of carbonyl (C=O) groups excluding carboxylic acids is 1. The zero-order chi connectivity index (χ0) is 16.2. The molecule has 128 valence electrons. The molecule has 0 spiro atoms. The number of piperidine rings is 1. The molecule has 2 fully saturated rings. The second kappa shape index (κ2) is 7.47. The minimum atomic E-state index is -0.390. The van der Waals surface area contributed by atoms with Crippen molar-refractivity contribution in [2.45, 2.75) is 44.9 Å². The Balaban J connectivity index is 1.35. The third kappa shape index (κ3) is 4.56. The molecule has 2 atom stereocenters. The van der Waals surface area contributed by atoms with Crippen molar-refractivity contribution in [3.8, 4) is 0 Å². The van der Waals surface area contributed by atoms with Crippen LogP contribution in [0, 0.1) is 12.8 Å². The summed E-state index contributed by atoms with van der Waals surface area (Å²) in [7, 11) is 0. The van der Waals surface area contributed by atoms with Crippen molar-refractivity contribution in [2.75, 3.05) is 26.2 Å². The Bertz CT molecular complexity index is 523. The standard InChI is InChI=1S/C17H27N3O3/c1-12-2-3-15(23-12)11-20-6-4-13(5-7-20)9-19-17(22)16-8-14(21)10-18-16/h2-3,13-14,16,18,21H,4-11H2,1H3,(H,19,22). The van der Waals surface area contributed by atoms with Gasteiger partial charge in [0.2, 0.25) is 5.91 Å². The van der Waals surface area contributed by atoms with Gasteiger partial charge in [-0.25, -0.2) is 0 Å². The number of carbonyl (C=O) groups is 1. The number of rotatable bonds is 5. The molecule has 3 rings (SSSR count). The van der Waals surface area contributed by atoms with Crippen molar-refractivity contribution < 1.29 is 14.3 Å². The summed E-state index contributed by atoms with van der Waals surface area (Å²) in [6.07, 6.45) is 2.33. The highest BCUT2D eigenvalue weighted by Crippen LogP contribution is 2.19. The maximum atomic E-state index is 12.0. The predicted molar refractivity (Wildman–Crippen MR) is 86.9 cm³/mol. The Morgan fingerprint density at radius 3 is 2.83 bits per heavy atom. The molecule has 2 aliphatic heterocycles. The smallest absolute Gasteiger partial charge is 0.237 e. The highest BCUT2D eigenvalue weighted by atomic mass is 16.3. The van der Waals surface area contributed by atoms with E-state index in [1.54, 1.807) is 0 Å². The minimum Gasteiger partial charge on any atom is -0.465 e. The number of aliphatic hydroxyl groups is 1. The van der Waals surface area contributed by atoms with Gasteiger partial charge >= 0.3 is 0 Å². The normalized spacial score (nSPS) is 26.5. The van der Waals surface area contributed by atoms with Gasteiger partial charge in [-0.05, 0) is 57.3 Å². The van der Waals surface area contributed by atoms with Crippen LogP contribution >= 0.6 is 0 Å². The lowest BCUT2D eigenvalue weighted by Gasteiger charge is -2.31. The van der Waals surface area contributed by atoms with Crippen molar-refractivity contribution in [1.82, 2.24) is 15.5 Å². The van der Waals surface area contributed by atoms with Crippen molar-refractivity contribution in [2.24, 2.45) is 5.92 Å². The van der Waals surface area contributed by atoms with Gasteiger partial charge in [0.25, 0.3) is 0 Å². The number of likely N-dealkylation sites (tertiary alicyclic amines) is 1. The van der Waals surface area contributed by atoms with Crippen molar-refractivity contribution in [3.63, 3.8) is 0 Å². The summed E-state index contributed by atoms with van der Waals surface area (Å²) >= 11 is 0. The molecule has 3 heterocycles. The van der Waals surface area contributed by atoms with E-state index in [4.69, 9.17) is 4.42 Å². The number of amides is 1. The van der Waals surface area contributed by atoms with Crippen molar-refractivity contribution in [3.05, 3.63) is 23.7 Å². The zero-order valence-electron chi connectivity index (χ0n) is 13.8. The lowest BCUT2D eigenvalue weighted by molar-refractivity contribution is -0.123. The van der Waals surface area contributed by atoms with Gasteiger partial charge in [0, 0.05) is 13.1 Å². The highest BCUT2D eigenvalue weighted by Gasteiger charge is 2.28. The first-order valence-electron chi connectivity index (χ1n) is 8.57. The van der Waals surface area contributed by atoms with Gasteiger partial charge in [-0.15, -0.1) is 0 Å². The molecule has 6 nitrogen and oxygen atoms in total. The van der Waals surface area contributed by atoms with Crippen LogP contribution in [-0.4, -0.2) is 54.2 Å². The summed E-state index contributed by atoms with van der Waals surface area (Å²) in [5.74, 6) is 2.55. The first-order chi connectivity index (χ1) is 11.1. The van der Waals surface area contributed by atoms with E-state index in [0.29, 0.717) is 18.9 Å². The van der Waals surface area contributed by atoms with E-state index >= 15 is 0 Å². The Morgan fingerprint density at radius 2 is 2.22 bits per heavy atom. The van der Waals surface area contributed by atoms with Gasteiger partial charge in [-0.2, -0.15) is 0 Å². The fourth-order valence-electron chi connectivity index (χ4n) is 3.42. The Kier molecular flexibility index (Phi) is 5.35. The van der Waals surface area contributed by atoms with E-state index < -0.39 is 0 Å². The molecule has 3 N–H and O–H groups in total. The molecule has 1 aromatic heterocycles. The van der Waals surface area contributed by atoms with E-state index in [-0.39, 0.29) is 18.1 Å². The molecule has 23 heavy (non-hydrogen) atoms. The summed E-state index contributed by atoms with van der Waals surface area (Å²) in [6, 6.07) is 3.82. The first-order valence-corrected chi connectivity index (χ1v) is 8.57. The van der Waals surface area contributed by atoms with Gasteiger partial charge in [0.05, 0.1) is 18.7 Å². The van der Waals surface area contributed by atoms with E-state index in [2.05, 4.69) is 15.5 Å². The van der Waals surface area contributed by atoms with E-state index in [0.717, 1.165) is 50.5 Å². The predicted octanol–water partition coefficient (Wildman–Crippen LogP) is 0.639. The van der Waals surface area contributed by atoms with Gasteiger partial charge in [-0.1, -0.05) is 0 Å². The second-order valence-corrected chi connectivity index (χ2v) is 6.83. The summed E-state index contributed by atoms with van der Waals surface area (Å²) < 4.78 is 5.63. The number of nitrogens with zero attached hydrogens (tertiary/aromatic N) is 1. The SMILES string of the molecule is Cc1ccc(CN2CCC(CNC(=O)C3CC(O)CN3)CC2)o1. The van der Waals surface area contributed by atoms with Gasteiger partial charge in [-0.3, -0.25) is 9.69 Å². The number of hydrogen-bond acceptors (Lipinski definition) is 5. The van der Waals surface area contributed by atoms with Crippen LogP contribution in [-0.2, 0) is 11.3 Å². The maximum Gasteiger partial charge on any atom is 0.237 e. The molecule has 2 unspecified atom stereocenters. The molecular weight excluding hydrogens is 294 g/mol. The molecular formula is C17H27N3O3. The third-order valence-electron chi connectivity index (χ3n) is 4.87. The number of furan rings is 1. The maximum absolute atomic E-state index is 12.0. The largest absolute Gasteiger partial charge is 0.465 e. The average molecular weight is 321 g/mol. The second-order valence-electron chi connectivity index (χ2n) is 6.83. The van der Waals surface area contributed by atoms with Crippen LogP contribution in [0.4, 0.5) is 0 Å². The molecule has 0 saturated carbocycles. The molecule has 0 bridgehead atoms. The number of β-amino-alcohol motifs (C(OH)–C–C–N with tert-alkyl or cyclic N) is 1. The van der Waals surface area contributed by atoms with Gasteiger partial charge in [0.15, 0.2) is 0 Å². The topological polar surface area (TPSA) is 77.7 Å². The molecule has 1 amide bonds. The van der Waals surface area contributed by atoms with Crippen LogP contribution in [0.5, 0.6) is 0 Å². The summed E-state index contributed by atoms with van der Waals surface area (Å²) in [6.45, 7) is 6.18. The summed E-state index contributed by atoms with van der Waals surface area (Å²) in [5.41, 5.74) is 0. The van der Waals surface area contributed by atoms with Gasteiger partial charge < -0.3 is 20.2 Å². The molecule has 2 saturated heterocycles. The fourth-order valence-corrected chi connectivity index (χ4v) is 3.42. The van der Waals surface area contributed by atoms with Crippen molar-refractivity contribution in [1.29, 1.82) is 0 Å². The highest BCUT2D eigenvalue weighted by molar-refractivity contribution is 5.82. The zero-order valence-corrected chi connectivity index (χ0v) is 13.8. The third-order valence-corrected chi connectivity index (χ3v) is 4.87. The molecule has 0 radical (unpaired) electrons. The molecule has 1 aromatic rings. The average Bonchev–Trinajstić information content (AvgIpc) is 3.15. The van der Waals surface area contributed by atoms with Gasteiger partial charge in [0.1, 0.15) is 11.5 Å². The van der Waals surface area contributed by atoms with E-state index in [1.165, 1.54) is 0 Å². The van der Waals surface area contributed by atoms with Crippen LogP contribution in [0.2, 0.25) is 0 Å². The summed E-state index contributed by atoms with van der Waals surface area (Å²) in [5, 5.41) is 15.5. The van der Waals surface area contributed by atoms with E-state index in [1.807, 2.05) is 19.1 Å². The lowest BCUT2D eigenvalue weighted by Crippen LogP contribution is -2.44. The molecule has 0 aromatic carbocycles. The van der Waals surface area contributed by atoms with Crippen LogP contribution in [0.1, 0.15) is 30.8 Å². The lowest BCUT2D eigenvalue weighted by atomic mass is 9.96. The minimum absolute atomic E-state index is 0.0232. The van der Waals surface area contributed by atoms with E-state index in [9.17, 15) is 9.90 Å². The van der Waals surface area contributed by atoms with Crippen LogP contribution in [0.25, 0.3) is 0 Å². The Morgan fingerprint density at radius 1 is 1.43 bits per heavy atom. The number of aliphatic hydroxyl groups excluding tert-OH is 1. The van der Waals surface area contributed by atoms with Crippen LogP contribution in [0.3, 0.4) is 0 Å². The number of hydrogen-bond donors (Lipinski definition) is 3. The number of aryl methyl sites for hydroxylation is 1. The molecule has 6 heteroatoms. The quantitative estimate of drug-likeness (QED) is 0.742. The number of nitrogens with one attached hydrogen (secondary N) is 2. The summed E-state index contributed by atoms with van der Waals surface area (Å²) in [4.78, 5) is 14.4. The fraction of sp³-hybridized carbons (Fsp3) is 0.706.